The van der Waals surface area contributed by atoms with E-state index in [-0.39, 0.29) is 11.7 Å². The lowest BCUT2D eigenvalue weighted by Gasteiger charge is -2.33. The highest BCUT2D eigenvalue weighted by molar-refractivity contribution is 8.00. The molecule has 0 saturated carbocycles. The molecule has 0 amide bonds. The molecule has 1 aliphatic rings. The van der Waals surface area contributed by atoms with Gasteiger partial charge in [0.1, 0.15) is 11.6 Å². The highest BCUT2D eigenvalue weighted by atomic mass is 35.5. The first-order valence-corrected chi connectivity index (χ1v) is 12.1. The zero-order valence-electron chi connectivity index (χ0n) is 18.1. The number of hydrogen-bond acceptors (Lipinski definition) is 3. The number of anilines is 1. The quantitative estimate of drug-likeness (QED) is 0.323. The molecule has 6 heteroatoms. The highest BCUT2D eigenvalue weighted by Gasteiger charge is 2.24. The van der Waals surface area contributed by atoms with Gasteiger partial charge in [0.2, 0.25) is 0 Å². The van der Waals surface area contributed by atoms with Crippen LogP contribution in [0, 0.1) is 11.6 Å². The molecule has 1 atom stereocenters. The van der Waals surface area contributed by atoms with E-state index in [1.54, 1.807) is 12.1 Å². The Morgan fingerprint density at radius 3 is 2.44 bits per heavy atom. The molecule has 1 fully saturated rings. The Morgan fingerprint density at radius 2 is 1.69 bits per heavy atom. The zero-order chi connectivity index (χ0) is 22.5. The van der Waals surface area contributed by atoms with Gasteiger partial charge in [-0.1, -0.05) is 42.3 Å². The van der Waals surface area contributed by atoms with Gasteiger partial charge in [-0.2, -0.15) is 0 Å². The van der Waals surface area contributed by atoms with Crippen molar-refractivity contribution in [2.24, 2.45) is 0 Å². The predicted molar refractivity (Wildman–Crippen MR) is 130 cm³/mol. The van der Waals surface area contributed by atoms with Crippen LogP contribution in [-0.4, -0.2) is 18.0 Å². The third-order valence-electron chi connectivity index (χ3n) is 5.86. The number of benzene rings is 3. The number of rotatable bonds is 7. The summed E-state index contributed by atoms with van der Waals surface area (Å²) in [4.78, 5) is 3.38. The van der Waals surface area contributed by atoms with Crippen molar-refractivity contribution in [3.8, 4) is 0 Å². The van der Waals surface area contributed by atoms with E-state index in [9.17, 15) is 8.78 Å². The lowest BCUT2D eigenvalue weighted by Crippen LogP contribution is -2.30. The van der Waals surface area contributed by atoms with Crippen molar-refractivity contribution in [2.45, 2.75) is 43.7 Å². The Morgan fingerprint density at radius 1 is 0.969 bits per heavy atom. The summed E-state index contributed by atoms with van der Waals surface area (Å²) in [5, 5.41) is 0.637. The van der Waals surface area contributed by atoms with Crippen molar-refractivity contribution in [1.29, 1.82) is 0 Å². The van der Waals surface area contributed by atoms with Crippen molar-refractivity contribution in [2.75, 3.05) is 17.4 Å². The normalized spacial score (nSPS) is 15.5. The van der Waals surface area contributed by atoms with Gasteiger partial charge in [0.25, 0.3) is 0 Å². The summed E-state index contributed by atoms with van der Waals surface area (Å²) in [5.41, 5.74) is 2.56. The fourth-order valence-corrected chi connectivity index (χ4v) is 5.29. The van der Waals surface area contributed by atoms with Crippen LogP contribution in [0.5, 0.6) is 0 Å². The minimum Gasteiger partial charge on any atom is -0.302 e. The second kappa shape index (κ2) is 10.7. The lowest BCUT2D eigenvalue weighted by atomic mass is 9.99. The van der Waals surface area contributed by atoms with Crippen LogP contribution in [0.1, 0.15) is 43.4 Å². The first kappa shape index (κ1) is 23.1. The van der Waals surface area contributed by atoms with Crippen LogP contribution in [0.2, 0.25) is 5.02 Å². The van der Waals surface area contributed by atoms with E-state index >= 15 is 0 Å². The molecule has 0 aromatic heterocycles. The molecular weight excluding hydrogens is 446 g/mol. The molecule has 1 aliphatic heterocycles. The Bertz CT molecular complexity index is 1040. The second-order valence-corrected chi connectivity index (χ2v) is 9.66. The van der Waals surface area contributed by atoms with E-state index in [1.807, 2.05) is 29.4 Å². The van der Waals surface area contributed by atoms with Crippen LogP contribution < -0.4 is 4.31 Å². The summed E-state index contributed by atoms with van der Waals surface area (Å²) < 4.78 is 30.9. The smallest absolute Gasteiger partial charge is 0.147 e. The Labute approximate surface area is 198 Å². The van der Waals surface area contributed by atoms with Crippen molar-refractivity contribution in [1.82, 2.24) is 4.90 Å². The Balaban J connectivity index is 1.69. The van der Waals surface area contributed by atoms with Gasteiger partial charge in [-0.05, 0) is 92.3 Å². The van der Waals surface area contributed by atoms with Crippen molar-refractivity contribution in [3.63, 3.8) is 0 Å². The van der Waals surface area contributed by atoms with Gasteiger partial charge in [0.05, 0.1) is 11.7 Å². The Hall–Kier alpha value is -2.08. The average molecular weight is 473 g/mol. The molecule has 3 aromatic carbocycles. The van der Waals surface area contributed by atoms with Gasteiger partial charge < -0.3 is 4.31 Å². The molecule has 0 aliphatic carbocycles. The molecule has 0 radical (unpaired) electrons. The molecule has 1 heterocycles. The highest BCUT2D eigenvalue weighted by Crippen LogP contribution is 2.40. The van der Waals surface area contributed by atoms with E-state index in [1.165, 1.54) is 48.9 Å². The molecule has 1 unspecified atom stereocenters. The van der Waals surface area contributed by atoms with Gasteiger partial charge in [-0.15, -0.1) is 0 Å². The Kier molecular flexibility index (Phi) is 7.71. The summed E-state index contributed by atoms with van der Waals surface area (Å²) >= 11 is 7.43. The first-order valence-electron chi connectivity index (χ1n) is 11.0. The summed E-state index contributed by atoms with van der Waals surface area (Å²) in [6.07, 6.45) is 3.74. The minimum absolute atomic E-state index is 0.187. The summed E-state index contributed by atoms with van der Waals surface area (Å²) in [6, 6.07) is 19.1. The molecule has 168 valence electrons. The van der Waals surface area contributed by atoms with Crippen molar-refractivity contribution in [3.05, 3.63) is 94.5 Å². The maximum Gasteiger partial charge on any atom is 0.147 e. The van der Waals surface area contributed by atoms with E-state index in [0.29, 0.717) is 5.02 Å². The van der Waals surface area contributed by atoms with Gasteiger partial charge in [-0.3, -0.25) is 4.90 Å². The maximum absolute atomic E-state index is 14.9. The van der Waals surface area contributed by atoms with Crippen molar-refractivity contribution >= 4 is 29.2 Å². The number of halogens is 3. The van der Waals surface area contributed by atoms with E-state index < -0.39 is 11.6 Å². The maximum atomic E-state index is 14.9. The van der Waals surface area contributed by atoms with Gasteiger partial charge in [0.15, 0.2) is 0 Å². The fourth-order valence-electron chi connectivity index (χ4n) is 4.17. The molecule has 4 rings (SSSR count). The summed E-state index contributed by atoms with van der Waals surface area (Å²) in [5.74, 6) is -0.912. The topological polar surface area (TPSA) is 6.48 Å². The molecule has 1 saturated heterocycles. The second-order valence-electron chi connectivity index (χ2n) is 8.18. The van der Waals surface area contributed by atoms with Crippen LogP contribution in [0.4, 0.5) is 14.5 Å². The first-order chi connectivity index (χ1) is 15.5. The van der Waals surface area contributed by atoms with Crippen LogP contribution >= 0.6 is 23.5 Å². The molecule has 0 N–H and O–H groups in total. The third-order valence-corrected chi connectivity index (χ3v) is 7.31. The largest absolute Gasteiger partial charge is 0.302 e. The van der Waals surface area contributed by atoms with Gasteiger partial charge in [-0.25, -0.2) is 8.78 Å². The predicted octanol–water partition coefficient (Wildman–Crippen LogP) is 7.88. The molecule has 0 bridgehead atoms. The summed E-state index contributed by atoms with van der Waals surface area (Å²) in [6.45, 7) is 5.11. The number of nitrogens with zero attached hydrogens (tertiary/aromatic N) is 2. The van der Waals surface area contributed by atoms with Crippen molar-refractivity contribution < 1.29 is 8.78 Å². The van der Waals surface area contributed by atoms with Crippen LogP contribution in [0.3, 0.4) is 0 Å². The number of likely N-dealkylation sites (tertiary alicyclic amines) is 1. The third kappa shape index (κ3) is 5.64. The molecule has 32 heavy (non-hydrogen) atoms. The monoisotopic (exact) mass is 472 g/mol. The summed E-state index contributed by atoms with van der Waals surface area (Å²) in [7, 11) is 0. The van der Waals surface area contributed by atoms with Gasteiger partial charge in [0, 0.05) is 22.5 Å². The van der Waals surface area contributed by atoms with Crippen LogP contribution in [0.15, 0.2) is 71.6 Å². The fraction of sp³-hybridized carbons (Fsp3) is 0.308. The minimum atomic E-state index is -0.461. The molecule has 2 nitrogen and oxygen atoms in total. The average Bonchev–Trinajstić information content (AvgIpc) is 2.81. The van der Waals surface area contributed by atoms with Gasteiger partial charge >= 0.3 is 0 Å². The molecular formula is C26H27ClF2N2S. The molecule has 0 spiro atoms. The van der Waals surface area contributed by atoms with E-state index in [0.717, 1.165) is 36.2 Å². The number of hydrogen-bond donors (Lipinski definition) is 0. The zero-order valence-corrected chi connectivity index (χ0v) is 19.7. The van der Waals surface area contributed by atoms with Crippen LogP contribution in [0.25, 0.3) is 0 Å². The number of piperidine rings is 1. The van der Waals surface area contributed by atoms with E-state index in [4.69, 9.17) is 11.6 Å². The SMILES string of the molecule is CC(c1ccccc1CN1CCCCC1)N(Sc1ccc(Cl)cc1)c1cc(F)ccc1F. The molecule has 3 aromatic rings. The standard InChI is InChI=1S/C26H27ClF2N2S/c1-19(24-8-4-3-7-20(24)18-30-15-5-2-6-16-30)31(26-17-22(28)11-14-25(26)29)32-23-12-9-21(27)10-13-23/h3-4,7-14,17,19H,2,5-6,15-16,18H2,1H3. The van der Waals surface area contributed by atoms with Crippen LogP contribution in [-0.2, 0) is 6.54 Å². The van der Waals surface area contributed by atoms with E-state index in [2.05, 4.69) is 23.1 Å². The lowest BCUT2D eigenvalue weighted by molar-refractivity contribution is 0.220.